The van der Waals surface area contributed by atoms with Gasteiger partial charge in [0.1, 0.15) is 11.3 Å². The molecule has 6 rings (SSSR count). The molecule has 38 heavy (non-hydrogen) atoms. The van der Waals surface area contributed by atoms with Crippen molar-refractivity contribution in [2.24, 2.45) is 0 Å². The SMILES string of the molecule is Nc1ccc(C(=O)N/C(=C/C=C/c2ccco2)c2nc3c4c(ccc3[nH]2)C(=O)c2ccccc2C4=O)cc1. The quantitative estimate of drug-likeness (QED) is 0.226. The molecule has 5 aromatic rings. The predicted octanol–water partition coefficient (Wildman–Crippen LogP) is 5.00. The van der Waals surface area contributed by atoms with E-state index in [9.17, 15) is 14.4 Å². The standard InChI is InChI=1S/C30H20N4O4/c31-18-12-10-17(11-13-18)30(37)33-24(9-3-5-19-6-4-16-38-19)29-32-23-15-14-22-25(26(23)34-29)28(36)21-8-2-1-7-20(21)27(22)35/h1-16H,31H2,(H,32,34)(H,33,37)/b5-3+,24-9+. The first-order valence-corrected chi connectivity index (χ1v) is 11.8. The monoisotopic (exact) mass is 500 g/mol. The summed E-state index contributed by atoms with van der Waals surface area (Å²) in [4.78, 5) is 47.4. The third kappa shape index (κ3) is 4.00. The van der Waals surface area contributed by atoms with Crippen molar-refractivity contribution in [3.8, 4) is 0 Å². The normalized spacial score (nSPS) is 13.1. The van der Waals surface area contributed by atoms with Crippen molar-refractivity contribution >= 4 is 46.0 Å². The number of carbonyl (C=O) groups excluding carboxylic acids is 3. The molecule has 1 aliphatic rings. The van der Waals surface area contributed by atoms with Gasteiger partial charge in [-0.05, 0) is 60.7 Å². The molecule has 3 aromatic carbocycles. The third-order valence-electron chi connectivity index (χ3n) is 6.29. The van der Waals surface area contributed by atoms with Crippen LogP contribution in [0.4, 0.5) is 5.69 Å². The number of carbonyl (C=O) groups is 3. The van der Waals surface area contributed by atoms with Crippen molar-refractivity contribution in [1.82, 2.24) is 15.3 Å². The number of nitrogens with two attached hydrogens (primary N) is 1. The first-order chi connectivity index (χ1) is 18.5. The molecule has 0 aliphatic heterocycles. The molecule has 184 valence electrons. The lowest BCUT2D eigenvalue weighted by atomic mass is 9.83. The highest BCUT2D eigenvalue weighted by Gasteiger charge is 2.32. The number of hydrogen-bond acceptors (Lipinski definition) is 6. The molecule has 0 spiro atoms. The van der Waals surface area contributed by atoms with Crippen LogP contribution in [0.1, 0.15) is 53.8 Å². The summed E-state index contributed by atoms with van der Waals surface area (Å²) in [6.45, 7) is 0. The van der Waals surface area contributed by atoms with Crippen molar-refractivity contribution in [1.29, 1.82) is 0 Å². The van der Waals surface area contributed by atoms with Crippen molar-refractivity contribution < 1.29 is 18.8 Å². The maximum Gasteiger partial charge on any atom is 0.255 e. The lowest BCUT2D eigenvalue weighted by molar-refractivity contribution is 0.0972. The molecule has 8 nitrogen and oxygen atoms in total. The highest BCUT2D eigenvalue weighted by Crippen LogP contribution is 2.32. The first kappa shape index (κ1) is 22.9. The Balaban J connectivity index is 1.43. The number of aromatic amines is 1. The van der Waals surface area contributed by atoms with E-state index in [4.69, 9.17) is 10.2 Å². The van der Waals surface area contributed by atoms with E-state index in [2.05, 4.69) is 15.3 Å². The van der Waals surface area contributed by atoms with E-state index in [1.54, 1.807) is 97.3 Å². The van der Waals surface area contributed by atoms with Gasteiger partial charge < -0.3 is 20.5 Å². The van der Waals surface area contributed by atoms with Gasteiger partial charge in [-0.3, -0.25) is 14.4 Å². The number of hydrogen-bond donors (Lipinski definition) is 3. The molecule has 2 heterocycles. The molecular formula is C30H20N4O4. The van der Waals surface area contributed by atoms with Crippen molar-refractivity contribution in [3.05, 3.63) is 131 Å². The van der Waals surface area contributed by atoms with Gasteiger partial charge in [0.05, 0.1) is 23.0 Å². The molecule has 0 radical (unpaired) electrons. The average Bonchev–Trinajstić information content (AvgIpc) is 3.61. The number of nitrogen functional groups attached to an aromatic ring is 1. The van der Waals surface area contributed by atoms with Gasteiger partial charge >= 0.3 is 0 Å². The second-order valence-electron chi connectivity index (χ2n) is 8.70. The molecule has 8 heteroatoms. The van der Waals surface area contributed by atoms with Crippen LogP contribution in [0, 0.1) is 0 Å². The van der Waals surface area contributed by atoms with Gasteiger partial charge in [-0.2, -0.15) is 0 Å². The summed E-state index contributed by atoms with van der Waals surface area (Å²) in [6.07, 6.45) is 6.68. The van der Waals surface area contributed by atoms with E-state index in [-0.39, 0.29) is 23.0 Å². The minimum atomic E-state index is -0.370. The molecule has 0 bridgehead atoms. The zero-order chi connectivity index (χ0) is 26.2. The number of benzene rings is 3. The molecule has 0 fully saturated rings. The van der Waals surface area contributed by atoms with E-state index in [1.165, 1.54) is 0 Å². The van der Waals surface area contributed by atoms with Crippen molar-refractivity contribution in [2.75, 3.05) is 5.73 Å². The van der Waals surface area contributed by atoms with E-state index in [0.29, 0.717) is 56.3 Å². The summed E-state index contributed by atoms with van der Waals surface area (Å²) in [5.41, 5.74) is 9.23. The fourth-order valence-corrected chi connectivity index (χ4v) is 4.42. The number of ketones is 2. The predicted molar refractivity (Wildman–Crippen MR) is 143 cm³/mol. The Morgan fingerprint density at radius 2 is 1.66 bits per heavy atom. The van der Waals surface area contributed by atoms with Gasteiger partial charge in [0.15, 0.2) is 17.4 Å². The van der Waals surface area contributed by atoms with Crippen LogP contribution in [0.2, 0.25) is 0 Å². The Hall–Kier alpha value is -5.50. The number of nitrogens with one attached hydrogen (secondary N) is 2. The van der Waals surface area contributed by atoms with Crippen molar-refractivity contribution in [2.45, 2.75) is 0 Å². The number of H-pyrrole nitrogens is 1. The Morgan fingerprint density at radius 3 is 2.39 bits per heavy atom. The highest BCUT2D eigenvalue weighted by atomic mass is 16.3. The summed E-state index contributed by atoms with van der Waals surface area (Å²) < 4.78 is 5.34. The van der Waals surface area contributed by atoms with E-state index >= 15 is 0 Å². The molecule has 0 saturated heterocycles. The summed E-state index contributed by atoms with van der Waals surface area (Å²) in [5.74, 6) is 0.0843. The Morgan fingerprint density at radius 1 is 0.895 bits per heavy atom. The number of imidazole rings is 1. The number of allylic oxidation sites excluding steroid dienone is 2. The molecule has 2 aromatic heterocycles. The molecule has 0 unspecified atom stereocenters. The second kappa shape index (κ2) is 9.18. The van der Waals surface area contributed by atoms with Crippen LogP contribution < -0.4 is 11.1 Å². The van der Waals surface area contributed by atoms with Crippen LogP contribution in [-0.4, -0.2) is 27.4 Å². The maximum absolute atomic E-state index is 13.4. The van der Waals surface area contributed by atoms with Crippen LogP contribution in [0.5, 0.6) is 0 Å². The second-order valence-corrected chi connectivity index (χ2v) is 8.70. The summed E-state index contributed by atoms with van der Waals surface area (Å²) in [6, 6.07) is 20.2. The zero-order valence-electron chi connectivity index (χ0n) is 19.9. The van der Waals surface area contributed by atoms with E-state index in [1.807, 2.05) is 0 Å². The van der Waals surface area contributed by atoms with Gasteiger partial charge in [-0.25, -0.2) is 4.98 Å². The smallest absolute Gasteiger partial charge is 0.255 e. The maximum atomic E-state index is 13.4. The Bertz CT molecular complexity index is 1790. The number of nitrogens with zero attached hydrogens (tertiary/aromatic N) is 1. The molecule has 0 atom stereocenters. The lowest BCUT2D eigenvalue weighted by Gasteiger charge is -2.17. The minimum Gasteiger partial charge on any atom is -0.465 e. The first-order valence-electron chi connectivity index (χ1n) is 11.8. The van der Waals surface area contributed by atoms with Crippen LogP contribution in [-0.2, 0) is 0 Å². The average molecular weight is 501 g/mol. The van der Waals surface area contributed by atoms with Crippen LogP contribution in [0.25, 0.3) is 22.8 Å². The van der Waals surface area contributed by atoms with Crippen molar-refractivity contribution in [3.63, 3.8) is 0 Å². The lowest BCUT2D eigenvalue weighted by Crippen LogP contribution is -2.22. The van der Waals surface area contributed by atoms with E-state index in [0.717, 1.165) is 0 Å². The molecule has 4 N–H and O–H groups in total. The van der Waals surface area contributed by atoms with Gasteiger partial charge in [0.25, 0.3) is 5.91 Å². The number of fused-ring (bicyclic) bond motifs is 4. The third-order valence-corrected chi connectivity index (χ3v) is 6.29. The summed E-state index contributed by atoms with van der Waals surface area (Å²) >= 11 is 0. The Kier molecular flexibility index (Phi) is 5.54. The summed E-state index contributed by atoms with van der Waals surface area (Å²) in [5, 5.41) is 2.88. The van der Waals surface area contributed by atoms with Crippen LogP contribution in [0.15, 0.2) is 95.6 Å². The fraction of sp³-hybridized carbons (Fsp3) is 0. The van der Waals surface area contributed by atoms with Gasteiger partial charge in [-0.15, -0.1) is 0 Å². The minimum absolute atomic E-state index is 0.226. The number of anilines is 1. The molecule has 0 saturated carbocycles. The topological polar surface area (TPSA) is 131 Å². The molecule has 1 amide bonds. The number of furan rings is 1. The molecule has 1 aliphatic carbocycles. The largest absolute Gasteiger partial charge is 0.465 e. The highest BCUT2D eigenvalue weighted by molar-refractivity contribution is 6.31. The summed E-state index contributed by atoms with van der Waals surface area (Å²) in [7, 11) is 0. The number of aromatic nitrogens is 2. The van der Waals surface area contributed by atoms with E-state index < -0.39 is 0 Å². The Labute approximate surface area is 216 Å². The van der Waals surface area contributed by atoms with Crippen LogP contribution in [0.3, 0.4) is 0 Å². The van der Waals surface area contributed by atoms with Gasteiger partial charge in [0.2, 0.25) is 0 Å². The number of amides is 1. The zero-order valence-corrected chi connectivity index (χ0v) is 19.9. The number of rotatable bonds is 5. The molecular weight excluding hydrogens is 480 g/mol. The fourth-order valence-electron chi connectivity index (χ4n) is 4.42. The van der Waals surface area contributed by atoms with Gasteiger partial charge in [-0.1, -0.05) is 30.3 Å². The van der Waals surface area contributed by atoms with Crippen LogP contribution >= 0.6 is 0 Å². The van der Waals surface area contributed by atoms with Gasteiger partial charge in [0, 0.05) is 27.9 Å².